The van der Waals surface area contributed by atoms with Gasteiger partial charge in [0, 0.05) is 22.3 Å². The largest absolute Gasteiger partial charge is 0.391 e. The van der Waals surface area contributed by atoms with Crippen LogP contribution in [0.5, 0.6) is 0 Å². The van der Waals surface area contributed by atoms with Gasteiger partial charge in [-0.1, -0.05) is 40.2 Å². The van der Waals surface area contributed by atoms with E-state index in [1.807, 2.05) is 53.4 Å². The average Bonchev–Trinajstić information content (AvgIpc) is 2.73. The van der Waals surface area contributed by atoms with Crippen LogP contribution in [0, 0.1) is 0 Å². The number of amides is 1. The number of carbonyl (C=O) groups is 1. The highest BCUT2D eigenvalue weighted by Crippen LogP contribution is 2.39. The molecule has 124 valence electrons. The molecule has 0 aromatic heterocycles. The van der Waals surface area contributed by atoms with Crippen LogP contribution in [0.4, 0.5) is 5.69 Å². The highest BCUT2D eigenvalue weighted by atomic mass is 79.9. The lowest BCUT2D eigenvalue weighted by Gasteiger charge is -2.24. The molecule has 2 aromatic carbocycles. The fourth-order valence-electron chi connectivity index (χ4n) is 3.78. The number of rotatable bonds is 2. The van der Waals surface area contributed by atoms with E-state index in [2.05, 4.69) is 21.2 Å². The molecule has 0 saturated carbocycles. The van der Waals surface area contributed by atoms with Crippen LogP contribution < -0.4 is 5.32 Å². The number of benzene rings is 2. The Morgan fingerprint density at radius 1 is 1.17 bits per heavy atom. The molecule has 2 N–H and O–H groups in total. The lowest BCUT2D eigenvalue weighted by atomic mass is 9.97. The second-order valence-electron chi connectivity index (χ2n) is 6.45. The Labute approximate surface area is 149 Å². The Kier molecular flexibility index (Phi) is 4.06. The molecular formula is C19H19BrN2O2. The maximum Gasteiger partial charge on any atom is 0.254 e. The van der Waals surface area contributed by atoms with Crippen LogP contribution in [0.3, 0.4) is 0 Å². The molecule has 2 aliphatic heterocycles. The number of nitrogens with one attached hydrogen (secondary N) is 1. The van der Waals surface area contributed by atoms with Gasteiger partial charge in [-0.2, -0.15) is 0 Å². The molecular weight excluding hydrogens is 368 g/mol. The molecule has 0 radical (unpaired) electrons. The molecule has 4 rings (SSSR count). The maximum absolute atomic E-state index is 12.6. The van der Waals surface area contributed by atoms with Crippen LogP contribution in [0.25, 0.3) is 0 Å². The van der Waals surface area contributed by atoms with E-state index < -0.39 is 6.10 Å². The maximum atomic E-state index is 12.6. The second-order valence-corrected chi connectivity index (χ2v) is 7.37. The van der Waals surface area contributed by atoms with E-state index in [0.717, 1.165) is 27.7 Å². The molecule has 1 fully saturated rings. The molecule has 1 amide bonds. The molecule has 3 atom stereocenters. The molecule has 24 heavy (non-hydrogen) atoms. The molecule has 0 unspecified atom stereocenters. The Balaban J connectivity index is 1.56. The summed E-state index contributed by atoms with van der Waals surface area (Å²) in [5.74, 6) is 0.0888. The Bertz CT molecular complexity index is 779. The van der Waals surface area contributed by atoms with Gasteiger partial charge in [-0.05, 0) is 42.7 Å². The first-order valence-corrected chi connectivity index (χ1v) is 9.03. The van der Waals surface area contributed by atoms with Gasteiger partial charge in [0.05, 0.1) is 18.2 Å². The summed E-state index contributed by atoms with van der Waals surface area (Å²) >= 11 is 3.47. The van der Waals surface area contributed by atoms with Crippen molar-refractivity contribution in [2.75, 3.05) is 11.9 Å². The number of aliphatic hydroxyl groups is 1. The SMILES string of the molecule is O=C1c2ccccc2[C@@H]2C[C@@H](O)[C@H](Nc3cccc(Br)c3)CCN12. The molecule has 2 aliphatic rings. The fraction of sp³-hybridized carbons (Fsp3) is 0.316. The number of hydrogen-bond donors (Lipinski definition) is 2. The summed E-state index contributed by atoms with van der Waals surface area (Å²) in [6.45, 7) is 0.654. The van der Waals surface area contributed by atoms with E-state index in [1.54, 1.807) is 0 Å². The van der Waals surface area contributed by atoms with Crippen LogP contribution in [0.15, 0.2) is 53.0 Å². The minimum absolute atomic E-state index is 0.0157. The first-order valence-electron chi connectivity index (χ1n) is 8.23. The van der Waals surface area contributed by atoms with Crippen molar-refractivity contribution < 1.29 is 9.90 Å². The zero-order valence-electron chi connectivity index (χ0n) is 13.2. The third kappa shape index (κ3) is 2.72. The number of halogens is 1. The molecule has 0 aliphatic carbocycles. The molecule has 5 heteroatoms. The standard InChI is InChI=1S/C19H19BrN2O2/c20-12-4-3-5-13(10-12)21-16-8-9-22-17(11-18(16)23)14-6-1-2-7-15(14)19(22)24/h1-7,10,16-18,21,23H,8-9,11H2/t16-,17+,18-/m1/s1. The van der Waals surface area contributed by atoms with E-state index >= 15 is 0 Å². The minimum atomic E-state index is -0.502. The normalized spacial score (nSPS) is 25.8. The second kappa shape index (κ2) is 6.22. The molecule has 0 bridgehead atoms. The third-order valence-corrected chi connectivity index (χ3v) is 5.47. The quantitative estimate of drug-likeness (QED) is 0.828. The highest BCUT2D eigenvalue weighted by Gasteiger charge is 2.41. The van der Waals surface area contributed by atoms with Crippen molar-refractivity contribution in [3.05, 3.63) is 64.1 Å². The summed E-state index contributed by atoms with van der Waals surface area (Å²) in [5.41, 5.74) is 2.81. The molecule has 2 aromatic rings. The fourth-order valence-corrected chi connectivity index (χ4v) is 4.18. The summed E-state index contributed by atoms with van der Waals surface area (Å²) < 4.78 is 1.00. The number of carbonyl (C=O) groups excluding carboxylic acids is 1. The predicted molar refractivity (Wildman–Crippen MR) is 97.0 cm³/mol. The number of anilines is 1. The van der Waals surface area contributed by atoms with Crippen molar-refractivity contribution in [1.82, 2.24) is 4.90 Å². The van der Waals surface area contributed by atoms with E-state index in [-0.39, 0.29) is 18.0 Å². The first-order chi connectivity index (χ1) is 11.6. The zero-order chi connectivity index (χ0) is 16.7. The Morgan fingerprint density at radius 3 is 2.83 bits per heavy atom. The van der Waals surface area contributed by atoms with Crippen molar-refractivity contribution in [3.63, 3.8) is 0 Å². The van der Waals surface area contributed by atoms with E-state index in [0.29, 0.717) is 13.0 Å². The Morgan fingerprint density at radius 2 is 2.00 bits per heavy atom. The van der Waals surface area contributed by atoms with Crippen LogP contribution in [-0.4, -0.2) is 34.6 Å². The van der Waals surface area contributed by atoms with Gasteiger partial charge in [0.25, 0.3) is 5.91 Å². The zero-order valence-corrected chi connectivity index (χ0v) is 14.7. The van der Waals surface area contributed by atoms with Gasteiger partial charge in [-0.25, -0.2) is 0 Å². The van der Waals surface area contributed by atoms with E-state index in [4.69, 9.17) is 0 Å². The molecule has 0 spiro atoms. The van der Waals surface area contributed by atoms with Crippen LogP contribution >= 0.6 is 15.9 Å². The van der Waals surface area contributed by atoms with Crippen LogP contribution in [0.2, 0.25) is 0 Å². The monoisotopic (exact) mass is 386 g/mol. The van der Waals surface area contributed by atoms with Gasteiger partial charge in [-0.15, -0.1) is 0 Å². The van der Waals surface area contributed by atoms with Crippen molar-refractivity contribution in [2.24, 2.45) is 0 Å². The van der Waals surface area contributed by atoms with Gasteiger partial charge in [0.1, 0.15) is 0 Å². The van der Waals surface area contributed by atoms with Crippen molar-refractivity contribution in [1.29, 1.82) is 0 Å². The lowest BCUT2D eigenvalue weighted by molar-refractivity contribution is 0.0705. The van der Waals surface area contributed by atoms with Gasteiger partial charge in [0.15, 0.2) is 0 Å². The summed E-state index contributed by atoms with van der Waals surface area (Å²) in [5, 5.41) is 14.1. The smallest absolute Gasteiger partial charge is 0.254 e. The molecule has 4 nitrogen and oxygen atoms in total. The summed E-state index contributed by atoms with van der Waals surface area (Å²) in [6.07, 6.45) is 0.788. The Hall–Kier alpha value is -1.85. The van der Waals surface area contributed by atoms with Crippen molar-refractivity contribution in [3.8, 4) is 0 Å². The number of fused-ring (bicyclic) bond motifs is 3. The number of hydrogen-bond acceptors (Lipinski definition) is 3. The van der Waals surface area contributed by atoms with Crippen molar-refractivity contribution in [2.45, 2.75) is 31.0 Å². The molecule has 1 saturated heterocycles. The highest BCUT2D eigenvalue weighted by molar-refractivity contribution is 9.10. The number of aliphatic hydroxyl groups excluding tert-OH is 1. The van der Waals surface area contributed by atoms with Crippen LogP contribution in [-0.2, 0) is 0 Å². The van der Waals surface area contributed by atoms with Crippen molar-refractivity contribution >= 4 is 27.5 Å². The lowest BCUT2D eigenvalue weighted by Crippen LogP contribution is -2.33. The average molecular weight is 387 g/mol. The third-order valence-electron chi connectivity index (χ3n) is 4.97. The predicted octanol–water partition coefficient (Wildman–Crippen LogP) is 3.58. The van der Waals surface area contributed by atoms with Gasteiger partial charge in [-0.3, -0.25) is 4.79 Å². The topological polar surface area (TPSA) is 52.6 Å². The van der Waals surface area contributed by atoms with Gasteiger partial charge >= 0.3 is 0 Å². The van der Waals surface area contributed by atoms with E-state index in [9.17, 15) is 9.90 Å². The van der Waals surface area contributed by atoms with Gasteiger partial charge < -0.3 is 15.3 Å². The summed E-state index contributed by atoms with van der Waals surface area (Å²) in [6, 6.07) is 15.6. The van der Waals surface area contributed by atoms with Crippen LogP contribution in [0.1, 0.15) is 34.8 Å². The molecule has 2 heterocycles. The summed E-state index contributed by atoms with van der Waals surface area (Å²) in [7, 11) is 0. The minimum Gasteiger partial charge on any atom is -0.391 e. The number of nitrogens with zero attached hydrogens (tertiary/aromatic N) is 1. The summed E-state index contributed by atoms with van der Waals surface area (Å²) in [4.78, 5) is 14.5. The first kappa shape index (κ1) is 15.7. The van der Waals surface area contributed by atoms with Gasteiger partial charge in [0.2, 0.25) is 0 Å². The van der Waals surface area contributed by atoms with E-state index in [1.165, 1.54) is 0 Å².